The van der Waals surface area contributed by atoms with Crippen LogP contribution in [0.4, 0.5) is 0 Å². The smallest absolute Gasteiger partial charge is 0.328 e. The van der Waals surface area contributed by atoms with E-state index in [9.17, 15) is 18.0 Å². The second-order valence-electron chi connectivity index (χ2n) is 7.97. The van der Waals surface area contributed by atoms with Gasteiger partial charge in [-0.15, -0.1) is 0 Å². The van der Waals surface area contributed by atoms with Crippen molar-refractivity contribution in [3.63, 3.8) is 0 Å². The summed E-state index contributed by atoms with van der Waals surface area (Å²) in [6.07, 6.45) is 1.01. The van der Waals surface area contributed by atoms with E-state index < -0.39 is 22.5 Å². The van der Waals surface area contributed by atoms with Gasteiger partial charge in [0, 0.05) is 29.1 Å². The molecule has 1 N–H and O–H groups in total. The van der Waals surface area contributed by atoms with Crippen molar-refractivity contribution >= 4 is 27.6 Å². The van der Waals surface area contributed by atoms with E-state index in [-0.39, 0.29) is 23.1 Å². The van der Waals surface area contributed by atoms with Crippen molar-refractivity contribution in [2.24, 2.45) is 10.9 Å². The first-order chi connectivity index (χ1) is 14.6. The Labute approximate surface area is 182 Å². The van der Waals surface area contributed by atoms with Gasteiger partial charge in [-0.1, -0.05) is 26.0 Å². The zero-order valence-corrected chi connectivity index (χ0v) is 19.0. The van der Waals surface area contributed by atoms with Crippen molar-refractivity contribution in [3.05, 3.63) is 52.8 Å². The van der Waals surface area contributed by atoms with Gasteiger partial charge in [-0.25, -0.2) is 8.42 Å². The number of ketones is 1. The zero-order chi connectivity index (χ0) is 22.8. The molecule has 0 atom stereocenters. The second kappa shape index (κ2) is 9.05. The Morgan fingerprint density at radius 1 is 1.19 bits per heavy atom. The molecule has 1 aromatic carbocycles. The van der Waals surface area contributed by atoms with Gasteiger partial charge in [0.15, 0.2) is 6.61 Å². The summed E-state index contributed by atoms with van der Waals surface area (Å²) in [6.45, 7) is 8.19. The molecule has 1 aliphatic heterocycles. The first kappa shape index (κ1) is 22.7. The number of amidine groups is 1. The minimum absolute atomic E-state index is 0.0903. The van der Waals surface area contributed by atoms with E-state index >= 15 is 0 Å². The molecule has 8 nitrogen and oxygen atoms in total. The van der Waals surface area contributed by atoms with Crippen molar-refractivity contribution in [1.29, 1.82) is 0 Å². The maximum atomic E-state index is 12.6. The quantitative estimate of drug-likeness (QED) is 0.497. The Kier molecular flexibility index (Phi) is 6.64. The van der Waals surface area contributed by atoms with Crippen LogP contribution in [0.25, 0.3) is 0 Å². The fourth-order valence-electron chi connectivity index (χ4n) is 3.48. The molecule has 31 heavy (non-hydrogen) atoms. The number of hydrogen-bond acceptors (Lipinski definition) is 6. The molecule has 0 saturated carbocycles. The fourth-order valence-corrected chi connectivity index (χ4v) is 4.73. The van der Waals surface area contributed by atoms with Crippen LogP contribution in [0.2, 0.25) is 0 Å². The topological polar surface area (TPSA) is 107 Å². The predicted octanol–water partition coefficient (Wildman–Crippen LogP) is 2.62. The second-order valence-corrected chi connectivity index (χ2v) is 9.62. The van der Waals surface area contributed by atoms with Gasteiger partial charge in [-0.05, 0) is 44.4 Å². The highest BCUT2D eigenvalue weighted by Crippen LogP contribution is 2.22. The lowest BCUT2D eigenvalue weighted by molar-refractivity contribution is -0.140. The normalized spacial score (nSPS) is 15.7. The van der Waals surface area contributed by atoms with Gasteiger partial charge in [0.05, 0.1) is 4.90 Å². The third-order valence-electron chi connectivity index (χ3n) is 5.20. The number of aliphatic imine (C=N–C) groups is 1. The minimum atomic E-state index is -3.67. The van der Waals surface area contributed by atoms with Gasteiger partial charge >= 0.3 is 5.97 Å². The summed E-state index contributed by atoms with van der Waals surface area (Å²) in [5, 5.41) is 0. The van der Waals surface area contributed by atoms with Crippen molar-refractivity contribution in [2.75, 3.05) is 13.2 Å². The van der Waals surface area contributed by atoms with E-state index in [1.54, 1.807) is 18.2 Å². The molecule has 0 bridgehead atoms. The molecule has 166 valence electrons. The molecule has 0 unspecified atom stereocenters. The highest BCUT2D eigenvalue weighted by molar-refractivity contribution is 7.90. The number of esters is 1. The van der Waals surface area contributed by atoms with E-state index in [1.807, 2.05) is 19.9 Å². The number of ether oxygens (including phenoxy) is 1. The number of fused-ring (bicyclic) bond motifs is 1. The van der Waals surface area contributed by atoms with Crippen LogP contribution in [-0.2, 0) is 26.1 Å². The van der Waals surface area contributed by atoms with Crippen LogP contribution in [-0.4, -0.2) is 43.7 Å². The van der Waals surface area contributed by atoms with Crippen molar-refractivity contribution in [1.82, 2.24) is 9.29 Å². The average Bonchev–Trinajstić information content (AvgIpc) is 3.15. The number of carbonyl (C=O) groups excluding carboxylic acids is 2. The van der Waals surface area contributed by atoms with Crippen molar-refractivity contribution in [2.45, 2.75) is 45.6 Å². The number of hydrogen-bond donors (Lipinski definition) is 1. The predicted molar refractivity (Wildman–Crippen MR) is 117 cm³/mol. The number of aryl methyl sites for hydroxylation is 1. The summed E-state index contributed by atoms with van der Waals surface area (Å²) in [7, 11) is -3.67. The van der Waals surface area contributed by atoms with Crippen LogP contribution in [0.3, 0.4) is 0 Å². The molecule has 2 heterocycles. The van der Waals surface area contributed by atoms with Crippen LogP contribution in [0.5, 0.6) is 0 Å². The van der Waals surface area contributed by atoms with Gasteiger partial charge in [0.2, 0.25) is 5.78 Å². The molecule has 0 spiro atoms. The van der Waals surface area contributed by atoms with Gasteiger partial charge in [-0.2, -0.15) is 0 Å². The number of carbonyl (C=O) groups is 2. The largest absolute Gasteiger partial charge is 0.456 e. The molecule has 1 aromatic heterocycles. The number of aromatic nitrogens is 1. The number of rotatable bonds is 8. The van der Waals surface area contributed by atoms with Gasteiger partial charge in [0.25, 0.3) is 10.0 Å². The zero-order valence-electron chi connectivity index (χ0n) is 18.1. The first-order valence-corrected chi connectivity index (χ1v) is 11.6. The van der Waals surface area contributed by atoms with E-state index in [0.29, 0.717) is 17.0 Å². The van der Waals surface area contributed by atoms with Gasteiger partial charge < -0.3 is 9.30 Å². The van der Waals surface area contributed by atoms with E-state index in [0.717, 1.165) is 24.4 Å². The molecule has 0 aliphatic carbocycles. The van der Waals surface area contributed by atoms with Crippen molar-refractivity contribution in [3.8, 4) is 0 Å². The lowest BCUT2D eigenvalue weighted by atomic mass is 10.1. The van der Waals surface area contributed by atoms with Crippen LogP contribution < -0.4 is 4.72 Å². The molecular formula is C22H27N3O5S. The molecule has 0 radical (unpaired) electrons. The molecule has 9 heteroatoms. The van der Waals surface area contributed by atoms with Crippen LogP contribution in [0.15, 0.2) is 40.2 Å². The van der Waals surface area contributed by atoms with Crippen LogP contribution in [0, 0.1) is 19.8 Å². The Hall–Kier alpha value is -2.94. The molecule has 0 fully saturated rings. The highest BCUT2D eigenvalue weighted by Gasteiger charge is 2.30. The monoisotopic (exact) mass is 445 g/mol. The summed E-state index contributed by atoms with van der Waals surface area (Å²) in [5.41, 5.74) is 2.79. The lowest BCUT2D eigenvalue weighted by Gasteiger charge is -2.11. The van der Waals surface area contributed by atoms with Crippen LogP contribution in [0.1, 0.15) is 47.6 Å². The van der Waals surface area contributed by atoms with E-state index in [4.69, 9.17) is 4.74 Å². The summed E-state index contributed by atoms with van der Waals surface area (Å²) >= 11 is 0. The molecular weight excluding hydrogens is 418 g/mol. The van der Waals surface area contributed by atoms with Gasteiger partial charge in [-0.3, -0.25) is 19.3 Å². The SMILES string of the molecule is Cc1cc(C(=O)COC(=O)CN=C2NS(=O)(=O)c3ccccc32)c(C)n1CCC(C)C. The van der Waals surface area contributed by atoms with Crippen molar-refractivity contribution < 1.29 is 22.7 Å². The summed E-state index contributed by atoms with van der Waals surface area (Å²) < 4.78 is 33.6. The maximum absolute atomic E-state index is 12.6. The number of benzene rings is 1. The van der Waals surface area contributed by atoms with E-state index in [2.05, 4.69) is 28.1 Å². The van der Waals surface area contributed by atoms with E-state index in [1.165, 1.54) is 6.07 Å². The highest BCUT2D eigenvalue weighted by atomic mass is 32.2. The average molecular weight is 446 g/mol. The number of Topliss-reactive ketones (excluding diaryl/α,β-unsaturated/α-hetero) is 1. The fraction of sp³-hybridized carbons (Fsp3) is 0.409. The lowest BCUT2D eigenvalue weighted by Crippen LogP contribution is -2.24. The number of nitrogens with one attached hydrogen (secondary N) is 1. The Balaban J connectivity index is 1.60. The standard InChI is InChI=1S/C22H27N3O5S/c1-14(2)9-10-25-15(3)11-18(16(25)4)19(26)13-30-21(27)12-23-22-17-7-5-6-8-20(17)31(28,29)24-22/h5-8,11,14H,9-10,12-13H2,1-4H3,(H,23,24). The Morgan fingerprint density at radius 3 is 2.61 bits per heavy atom. The molecule has 1 aliphatic rings. The summed E-state index contributed by atoms with van der Waals surface area (Å²) in [4.78, 5) is 28.8. The number of nitrogens with zero attached hydrogens (tertiary/aromatic N) is 2. The maximum Gasteiger partial charge on any atom is 0.328 e. The molecule has 0 saturated heterocycles. The molecule has 0 amide bonds. The minimum Gasteiger partial charge on any atom is -0.456 e. The number of sulfonamides is 1. The summed E-state index contributed by atoms with van der Waals surface area (Å²) in [6, 6.07) is 8.19. The van der Waals surface area contributed by atoms with Crippen LogP contribution >= 0.6 is 0 Å². The van der Waals surface area contributed by atoms with Gasteiger partial charge in [0.1, 0.15) is 12.4 Å². The molecule has 2 aromatic rings. The third kappa shape index (κ3) is 5.04. The summed E-state index contributed by atoms with van der Waals surface area (Å²) in [5.74, 6) is -0.346. The first-order valence-electron chi connectivity index (χ1n) is 10.1. The Morgan fingerprint density at radius 2 is 1.90 bits per heavy atom. The third-order valence-corrected chi connectivity index (χ3v) is 6.59. The molecule has 3 rings (SSSR count). The Bertz CT molecular complexity index is 1150.